The van der Waals surface area contributed by atoms with E-state index in [0.29, 0.717) is 30.6 Å². The van der Waals surface area contributed by atoms with E-state index < -0.39 is 0 Å². The van der Waals surface area contributed by atoms with Crippen LogP contribution in [0.15, 0.2) is 97.2 Å². The van der Waals surface area contributed by atoms with Gasteiger partial charge in [0, 0.05) is 39.4 Å². The molecule has 0 saturated carbocycles. The molecule has 3 amide bonds. The second-order valence-electron chi connectivity index (χ2n) is 12.2. The molecule has 0 saturated heterocycles. The molecule has 0 rings (SSSR count). The minimum Gasteiger partial charge on any atom is -0.356 e. The molecule has 52 heavy (non-hydrogen) atoms. The smallest absolute Gasteiger partial charge is 0.356 e. The van der Waals surface area contributed by atoms with Crippen molar-refractivity contribution in [1.29, 1.82) is 0 Å². The third kappa shape index (κ3) is 75.6. The van der Waals surface area contributed by atoms with Crippen molar-refractivity contribution in [2.75, 3.05) is 19.6 Å². The molecular formula is C43H71N3O6. The quantitative estimate of drug-likeness (QED) is 0.0377. The molecule has 0 aliphatic carbocycles. The zero-order valence-electron chi connectivity index (χ0n) is 33.9. The third-order valence-electron chi connectivity index (χ3n) is 5.43. The molecule has 0 aromatic heterocycles. The van der Waals surface area contributed by atoms with E-state index in [1.807, 2.05) is 99.8 Å². The zero-order valence-corrected chi connectivity index (χ0v) is 33.9. The molecule has 0 radical (unpaired) electrons. The number of amides is 3. The lowest BCUT2D eigenvalue weighted by atomic mass is 10.2. The van der Waals surface area contributed by atoms with Crippen LogP contribution in [0.2, 0.25) is 0 Å². The highest BCUT2D eigenvalue weighted by Gasteiger charge is 1.98. The molecular weight excluding hydrogens is 654 g/mol. The standard InChI is InChI=1S/2C14H23NO.C8H12O.C6H13NO.CO2/c2*1-4-5-6-7-8-9-10-11-14(16)15-12-13(2)3;1-2-3-4-5-6-7-8-9;1-5(2)4-7-6(3)8;2-1-3/h4-7,10-11,13H,8-9,12H2,1-3H3,(H,15,16);4-7,9-10,13H,8,11-12H2,1-3H3,(H,15,16);2-5,8H,6-7H2,1H3;5H,4H2,1-3H3,(H,7,8);/b5-4+,7-6-,11-10+;5-4+,7-6-,10-9+;3-2+,5-4-;;. The molecule has 0 bridgehead atoms. The van der Waals surface area contributed by atoms with Gasteiger partial charge in [-0.15, -0.1) is 0 Å². The number of carbonyl (C=O) groups excluding carboxylic acids is 6. The highest BCUT2D eigenvalue weighted by atomic mass is 16.2. The van der Waals surface area contributed by atoms with Gasteiger partial charge >= 0.3 is 6.15 Å². The van der Waals surface area contributed by atoms with Gasteiger partial charge in [0.05, 0.1) is 0 Å². The summed E-state index contributed by atoms with van der Waals surface area (Å²) in [5, 5.41) is 8.42. The van der Waals surface area contributed by atoms with Gasteiger partial charge in [0.1, 0.15) is 6.29 Å². The monoisotopic (exact) mass is 726 g/mol. The van der Waals surface area contributed by atoms with Crippen LogP contribution in [0.4, 0.5) is 0 Å². The van der Waals surface area contributed by atoms with Crippen molar-refractivity contribution in [1.82, 2.24) is 16.0 Å². The molecule has 0 unspecified atom stereocenters. The molecule has 9 heteroatoms. The molecule has 294 valence electrons. The van der Waals surface area contributed by atoms with Crippen LogP contribution in [0.3, 0.4) is 0 Å². The molecule has 0 aliphatic heterocycles. The van der Waals surface area contributed by atoms with Gasteiger partial charge in [-0.25, -0.2) is 0 Å². The summed E-state index contributed by atoms with van der Waals surface area (Å²) in [5.74, 6) is 1.73. The Labute approximate surface area is 316 Å². The fourth-order valence-corrected chi connectivity index (χ4v) is 2.85. The van der Waals surface area contributed by atoms with Gasteiger partial charge in [-0.1, -0.05) is 133 Å². The van der Waals surface area contributed by atoms with Crippen LogP contribution in [0.1, 0.15) is 108 Å². The predicted molar refractivity (Wildman–Crippen MR) is 218 cm³/mol. The summed E-state index contributed by atoms with van der Waals surface area (Å²) >= 11 is 0. The first-order chi connectivity index (χ1) is 24.8. The molecule has 0 heterocycles. The van der Waals surface area contributed by atoms with E-state index >= 15 is 0 Å². The van der Waals surface area contributed by atoms with E-state index in [0.717, 1.165) is 51.6 Å². The second-order valence-corrected chi connectivity index (χ2v) is 12.2. The van der Waals surface area contributed by atoms with Crippen molar-refractivity contribution in [3.63, 3.8) is 0 Å². The minimum absolute atomic E-state index is 0.00568. The second kappa shape index (κ2) is 50.8. The number of nitrogens with one attached hydrogen (secondary N) is 3. The zero-order chi connectivity index (χ0) is 40.7. The Morgan fingerprint density at radius 3 is 1.40 bits per heavy atom. The highest BCUT2D eigenvalue weighted by molar-refractivity contribution is 5.87. The van der Waals surface area contributed by atoms with E-state index in [-0.39, 0.29) is 23.9 Å². The van der Waals surface area contributed by atoms with Crippen LogP contribution in [0.25, 0.3) is 0 Å². The van der Waals surface area contributed by atoms with E-state index in [2.05, 4.69) is 69.6 Å². The van der Waals surface area contributed by atoms with Gasteiger partial charge in [0.15, 0.2) is 0 Å². The lowest BCUT2D eigenvalue weighted by Gasteiger charge is -2.05. The number of carbonyl (C=O) groups is 4. The third-order valence-corrected chi connectivity index (χ3v) is 5.43. The fourth-order valence-electron chi connectivity index (χ4n) is 2.85. The Bertz CT molecular complexity index is 1120. The van der Waals surface area contributed by atoms with Crippen LogP contribution < -0.4 is 16.0 Å². The maximum absolute atomic E-state index is 11.3. The van der Waals surface area contributed by atoms with Gasteiger partial charge in [-0.05, 0) is 70.3 Å². The first-order valence-electron chi connectivity index (χ1n) is 18.2. The van der Waals surface area contributed by atoms with Crippen molar-refractivity contribution in [2.45, 2.75) is 108 Å². The fraction of sp³-hybridized carbons (Fsp3) is 0.512. The van der Waals surface area contributed by atoms with Crippen LogP contribution in [0.5, 0.6) is 0 Å². The van der Waals surface area contributed by atoms with Gasteiger partial charge in [0.25, 0.3) is 0 Å². The summed E-state index contributed by atoms with van der Waals surface area (Å²) < 4.78 is 0. The number of rotatable bonds is 20. The van der Waals surface area contributed by atoms with Crippen molar-refractivity contribution in [2.24, 2.45) is 17.8 Å². The summed E-state index contributed by atoms with van der Waals surface area (Å²) in [4.78, 5) is 58.8. The molecule has 0 aromatic carbocycles. The number of hydrogen-bond acceptors (Lipinski definition) is 6. The average molecular weight is 726 g/mol. The maximum atomic E-state index is 11.3. The Morgan fingerprint density at radius 1 is 0.558 bits per heavy atom. The molecule has 3 N–H and O–H groups in total. The summed E-state index contributed by atoms with van der Waals surface area (Å²) in [6.45, 7) is 22.2. The van der Waals surface area contributed by atoms with Crippen molar-refractivity contribution in [3.05, 3.63) is 97.2 Å². The largest absolute Gasteiger partial charge is 0.373 e. The van der Waals surface area contributed by atoms with Crippen molar-refractivity contribution < 1.29 is 28.8 Å². The van der Waals surface area contributed by atoms with E-state index in [1.54, 1.807) is 6.08 Å². The number of unbranched alkanes of at least 4 members (excludes halogenated alkanes) is 2. The lowest BCUT2D eigenvalue weighted by molar-refractivity contribution is -0.191. The van der Waals surface area contributed by atoms with E-state index in [9.17, 15) is 19.2 Å². The van der Waals surface area contributed by atoms with Crippen LogP contribution >= 0.6 is 0 Å². The first kappa shape index (κ1) is 56.7. The topological polar surface area (TPSA) is 139 Å². The van der Waals surface area contributed by atoms with Gasteiger partial charge in [-0.3, -0.25) is 14.4 Å². The Balaban J connectivity index is -0.000000191. The minimum atomic E-state index is 0.00568. The Kier molecular flexibility index (Phi) is 55.4. The molecule has 0 aliphatic rings. The predicted octanol–water partition coefficient (Wildman–Crippen LogP) is 8.75. The lowest BCUT2D eigenvalue weighted by Crippen LogP contribution is -2.26. The molecule has 0 fully saturated rings. The Hall–Kier alpha value is -4.62. The normalized spacial score (nSPS) is 11.1. The summed E-state index contributed by atoms with van der Waals surface area (Å²) in [6, 6.07) is 0. The van der Waals surface area contributed by atoms with Crippen LogP contribution in [-0.2, 0) is 28.8 Å². The molecule has 9 nitrogen and oxygen atoms in total. The van der Waals surface area contributed by atoms with E-state index in [1.165, 1.54) is 6.92 Å². The number of allylic oxidation sites excluding steroid dienone is 14. The van der Waals surface area contributed by atoms with Gasteiger partial charge in [0.2, 0.25) is 17.7 Å². The first-order valence-corrected chi connectivity index (χ1v) is 18.2. The van der Waals surface area contributed by atoms with Crippen molar-refractivity contribution >= 4 is 30.2 Å². The highest BCUT2D eigenvalue weighted by Crippen LogP contribution is 1.95. The number of aldehydes is 1. The van der Waals surface area contributed by atoms with Gasteiger partial charge in [-0.2, -0.15) is 9.59 Å². The molecule has 0 aromatic rings. The average Bonchev–Trinajstić information content (AvgIpc) is 3.09. The summed E-state index contributed by atoms with van der Waals surface area (Å²) in [5.41, 5.74) is 0. The number of hydrogen-bond donors (Lipinski definition) is 3. The Morgan fingerprint density at radius 2 is 0.981 bits per heavy atom. The van der Waals surface area contributed by atoms with Crippen molar-refractivity contribution in [3.8, 4) is 0 Å². The van der Waals surface area contributed by atoms with E-state index in [4.69, 9.17) is 9.59 Å². The molecule has 0 spiro atoms. The maximum Gasteiger partial charge on any atom is 0.373 e. The molecule has 0 atom stereocenters. The summed E-state index contributed by atoms with van der Waals surface area (Å²) in [6.07, 6.45) is 37.3. The van der Waals surface area contributed by atoms with Crippen LogP contribution in [-0.4, -0.2) is 49.8 Å². The van der Waals surface area contributed by atoms with Crippen LogP contribution in [0, 0.1) is 17.8 Å². The van der Waals surface area contributed by atoms with Gasteiger partial charge < -0.3 is 20.7 Å². The SMILES string of the molecule is C/C=C/C=C\C/C=C/CC(=O)NCC(C)C.C/C=C/C=C\CC/C=C/C(=O)NCC(C)C.C/C=C/C=C\CCC=O.CC(=O)NCC(C)C.O=C=O. The summed E-state index contributed by atoms with van der Waals surface area (Å²) in [7, 11) is 0.